The molecule has 1 aromatic carbocycles. The van der Waals surface area contributed by atoms with Gasteiger partial charge in [-0.25, -0.2) is 0 Å². The molecule has 0 saturated carbocycles. The molecule has 0 radical (unpaired) electrons. The molecule has 1 atom stereocenters. The van der Waals surface area contributed by atoms with Crippen molar-refractivity contribution in [3.05, 3.63) is 65.0 Å². The van der Waals surface area contributed by atoms with Crippen molar-refractivity contribution >= 4 is 17.4 Å². The summed E-state index contributed by atoms with van der Waals surface area (Å²) in [6, 6.07) is 7.99. The van der Waals surface area contributed by atoms with Gasteiger partial charge in [-0.2, -0.15) is 0 Å². The number of nitrogens with zero attached hydrogens (tertiary/aromatic N) is 2. The summed E-state index contributed by atoms with van der Waals surface area (Å²) in [4.78, 5) is 33.4. The molecule has 2 fully saturated rings. The van der Waals surface area contributed by atoms with E-state index in [1.807, 2.05) is 6.92 Å². The van der Waals surface area contributed by atoms with Gasteiger partial charge in [-0.15, -0.1) is 0 Å². The Morgan fingerprint density at radius 1 is 1.17 bits per heavy atom. The fourth-order valence-electron chi connectivity index (χ4n) is 4.84. The highest BCUT2D eigenvalue weighted by molar-refractivity contribution is 6.46. The van der Waals surface area contributed by atoms with E-state index in [1.165, 1.54) is 4.90 Å². The molecule has 8 nitrogen and oxygen atoms in total. The third-order valence-corrected chi connectivity index (χ3v) is 6.87. The molecule has 1 amide bonds. The largest absolute Gasteiger partial charge is 0.872 e. The molecule has 2 aliphatic heterocycles. The van der Waals surface area contributed by atoms with Crippen molar-refractivity contribution in [3.8, 4) is 5.75 Å². The first kappa shape index (κ1) is 25.9. The first-order valence-corrected chi connectivity index (χ1v) is 12.8. The van der Waals surface area contributed by atoms with Gasteiger partial charge in [0.1, 0.15) is 18.8 Å². The number of amides is 1. The number of carbonyl (C=O) groups is 2. The van der Waals surface area contributed by atoms with Gasteiger partial charge in [0.05, 0.1) is 32.4 Å². The lowest BCUT2D eigenvalue weighted by atomic mass is 9.95. The van der Waals surface area contributed by atoms with Gasteiger partial charge >= 0.3 is 0 Å². The summed E-state index contributed by atoms with van der Waals surface area (Å²) in [6.45, 7) is 9.23. The molecule has 8 heteroatoms. The van der Waals surface area contributed by atoms with Crippen LogP contribution in [-0.4, -0.2) is 67.6 Å². The molecule has 3 heterocycles. The molecule has 0 spiro atoms. The topological polar surface area (TPSA) is 96.2 Å². The van der Waals surface area contributed by atoms with E-state index in [4.69, 9.17) is 9.47 Å². The molecule has 2 saturated heterocycles. The van der Waals surface area contributed by atoms with Gasteiger partial charge in [0.25, 0.3) is 5.91 Å². The number of ether oxygens (including phenoxy) is 2. The molecule has 192 valence electrons. The summed E-state index contributed by atoms with van der Waals surface area (Å²) in [5.41, 5.74) is 1.91. The Morgan fingerprint density at radius 2 is 1.92 bits per heavy atom. The Morgan fingerprint density at radius 3 is 2.61 bits per heavy atom. The molecule has 4 rings (SSSR count). The fourth-order valence-corrected chi connectivity index (χ4v) is 4.84. The van der Waals surface area contributed by atoms with Gasteiger partial charge in [-0.05, 0) is 54.3 Å². The van der Waals surface area contributed by atoms with Crippen LogP contribution < -0.4 is 14.7 Å². The van der Waals surface area contributed by atoms with Crippen LogP contribution in [0.1, 0.15) is 48.9 Å². The monoisotopic (exact) mass is 493 g/mol. The van der Waals surface area contributed by atoms with E-state index in [0.29, 0.717) is 24.3 Å². The van der Waals surface area contributed by atoms with E-state index in [1.54, 1.807) is 47.6 Å². The van der Waals surface area contributed by atoms with Crippen LogP contribution in [0.3, 0.4) is 0 Å². The Balaban J connectivity index is 1.62. The summed E-state index contributed by atoms with van der Waals surface area (Å²) in [5, 5.41) is 13.7. The zero-order valence-electron chi connectivity index (χ0n) is 21.1. The number of morpholine rings is 1. The zero-order valence-corrected chi connectivity index (χ0v) is 21.1. The molecule has 36 heavy (non-hydrogen) atoms. The van der Waals surface area contributed by atoms with Crippen molar-refractivity contribution in [2.75, 3.05) is 46.0 Å². The number of pyridine rings is 1. The Hall–Kier alpha value is -3.23. The van der Waals surface area contributed by atoms with Crippen LogP contribution in [0, 0.1) is 6.92 Å². The quantitative estimate of drug-likeness (QED) is 0.231. The van der Waals surface area contributed by atoms with Crippen molar-refractivity contribution in [2.24, 2.45) is 0 Å². The maximum absolute atomic E-state index is 13.7. The summed E-state index contributed by atoms with van der Waals surface area (Å²) < 4.78 is 11.2. The van der Waals surface area contributed by atoms with Crippen LogP contribution in [0.2, 0.25) is 0 Å². The minimum absolute atomic E-state index is 0.00368. The number of aromatic nitrogens is 1. The molecule has 0 bridgehead atoms. The molecular weight excluding hydrogens is 458 g/mol. The van der Waals surface area contributed by atoms with E-state index in [9.17, 15) is 14.7 Å². The highest BCUT2D eigenvalue weighted by Crippen LogP contribution is 2.38. The van der Waals surface area contributed by atoms with E-state index in [-0.39, 0.29) is 5.57 Å². The van der Waals surface area contributed by atoms with Crippen LogP contribution in [0.15, 0.2) is 48.3 Å². The van der Waals surface area contributed by atoms with Crippen LogP contribution in [0.5, 0.6) is 5.75 Å². The number of rotatable bonds is 10. The van der Waals surface area contributed by atoms with Gasteiger partial charge in [0.2, 0.25) is 5.78 Å². The molecule has 2 aromatic rings. The van der Waals surface area contributed by atoms with Crippen molar-refractivity contribution < 1.29 is 29.1 Å². The maximum atomic E-state index is 13.7. The van der Waals surface area contributed by atoms with Crippen molar-refractivity contribution in [2.45, 2.75) is 39.2 Å². The SMILES string of the molecule is CCCCOc1ccc(/C([O-])=C2\C(=O)C(=O)N(CCC[NH+]3CCOCC3)C2c2ccncc2)cc1C. The normalized spacial score (nSPS) is 20.2. The third-order valence-electron chi connectivity index (χ3n) is 6.87. The first-order chi connectivity index (χ1) is 17.5. The molecular formula is C28H35N3O5. The third kappa shape index (κ3) is 5.77. The number of hydrogen-bond donors (Lipinski definition) is 1. The lowest BCUT2D eigenvalue weighted by molar-refractivity contribution is -0.908. The number of ketones is 1. The highest BCUT2D eigenvalue weighted by atomic mass is 16.5. The lowest BCUT2D eigenvalue weighted by Gasteiger charge is -2.29. The second-order valence-corrected chi connectivity index (χ2v) is 9.40. The van der Waals surface area contributed by atoms with Crippen molar-refractivity contribution in [3.63, 3.8) is 0 Å². The van der Waals surface area contributed by atoms with Crippen LogP contribution >= 0.6 is 0 Å². The molecule has 0 aliphatic carbocycles. The van der Waals surface area contributed by atoms with Gasteiger partial charge in [-0.1, -0.05) is 25.2 Å². The summed E-state index contributed by atoms with van der Waals surface area (Å²) >= 11 is 0. The lowest BCUT2D eigenvalue weighted by Crippen LogP contribution is -3.14. The zero-order chi connectivity index (χ0) is 25.5. The Bertz CT molecular complexity index is 1100. The Kier molecular flexibility index (Phi) is 8.72. The number of benzene rings is 1. The standard InChI is InChI=1S/C28H35N3O5/c1-3-4-16-36-23-7-6-22(19-20(23)2)26(32)24-25(21-8-10-29-11-9-21)31(28(34)27(24)33)13-5-12-30-14-17-35-18-15-30/h6-11,19,25,32H,3-5,12-18H2,1-2H3/b26-24+. The van der Waals surface area contributed by atoms with Gasteiger partial charge in [0.15, 0.2) is 0 Å². The van der Waals surface area contributed by atoms with E-state index < -0.39 is 23.5 Å². The second kappa shape index (κ2) is 12.1. The van der Waals surface area contributed by atoms with Gasteiger partial charge < -0.3 is 24.4 Å². The molecule has 1 N–H and O–H groups in total. The number of carbonyl (C=O) groups excluding carboxylic acids is 2. The fraction of sp³-hybridized carbons (Fsp3) is 0.464. The number of hydrogen-bond acceptors (Lipinski definition) is 6. The number of nitrogens with one attached hydrogen (secondary N) is 1. The summed E-state index contributed by atoms with van der Waals surface area (Å²) in [5.74, 6) is -1.04. The minimum atomic E-state index is -0.721. The number of Topliss-reactive ketones (excluding diaryl/α,β-unsaturated/α-hetero) is 1. The molecule has 1 aromatic heterocycles. The number of likely N-dealkylation sites (tertiary alicyclic amines) is 1. The summed E-state index contributed by atoms with van der Waals surface area (Å²) in [7, 11) is 0. The predicted molar refractivity (Wildman–Crippen MR) is 133 cm³/mol. The van der Waals surface area contributed by atoms with Crippen molar-refractivity contribution in [1.29, 1.82) is 0 Å². The van der Waals surface area contributed by atoms with E-state index in [0.717, 1.165) is 63.4 Å². The molecule has 1 unspecified atom stereocenters. The predicted octanol–water partition coefficient (Wildman–Crippen LogP) is 1.10. The summed E-state index contributed by atoms with van der Waals surface area (Å²) in [6.07, 6.45) is 5.96. The van der Waals surface area contributed by atoms with Crippen molar-refractivity contribution in [1.82, 2.24) is 9.88 Å². The highest BCUT2D eigenvalue weighted by Gasteiger charge is 2.44. The molecule has 2 aliphatic rings. The number of unbranched alkanes of at least 4 members (excludes halogenated alkanes) is 1. The van der Waals surface area contributed by atoms with Gasteiger partial charge in [-0.3, -0.25) is 14.6 Å². The van der Waals surface area contributed by atoms with E-state index >= 15 is 0 Å². The van der Waals surface area contributed by atoms with Crippen LogP contribution in [-0.2, 0) is 14.3 Å². The Labute approximate surface area is 212 Å². The minimum Gasteiger partial charge on any atom is -0.872 e. The maximum Gasteiger partial charge on any atom is 0.295 e. The average Bonchev–Trinajstić information content (AvgIpc) is 3.15. The smallest absolute Gasteiger partial charge is 0.295 e. The van der Waals surface area contributed by atoms with Crippen LogP contribution in [0.4, 0.5) is 0 Å². The van der Waals surface area contributed by atoms with Crippen LogP contribution in [0.25, 0.3) is 5.76 Å². The average molecular weight is 494 g/mol. The first-order valence-electron chi connectivity index (χ1n) is 12.8. The number of quaternary nitrogens is 1. The second-order valence-electron chi connectivity index (χ2n) is 9.40. The van der Waals surface area contributed by atoms with Gasteiger partial charge in [0, 0.05) is 30.9 Å². The van der Waals surface area contributed by atoms with E-state index in [2.05, 4.69) is 11.9 Å². The number of aryl methyl sites for hydroxylation is 1.